The molecule has 0 saturated heterocycles. The van der Waals surface area contributed by atoms with Gasteiger partial charge in [0.15, 0.2) is 0 Å². The number of nitrogens with zero attached hydrogens (tertiary/aromatic N) is 3. The molecule has 0 aliphatic carbocycles. The third-order valence-corrected chi connectivity index (χ3v) is 2.78. The van der Waals surface area contributed by atoms with Crippen LogP contribution in [0.1, 0.15) is 5.69 Å². The molecule has 0 bridgehead atoms. The van der Waals surface area contributed by atoms with Gasteiger partial charge in [-0.15, -0.1) is 11.3 Å². The SMILES string of the molecule is Cn1cc(-c2nc(CC(=O)O)cs2)cn1. The van der Waals surface area contributed by atoms with Crippen LogP contribution in [0.2, 0.25) is 0 Å². The number of aliphatic carboxylic acids is 1. The number of hydrogen-bond acceptors (Lipinski definition) is 4. The van der Waals surface area contributed by atoms with Crippen LogP contribution in [0.25, 0.3) is 10.6 Å². The summed E-state index contributed by atoms with van der Waals surface area (Å²) in [6, 6.07) is 0. The van der Waals surface area contributed by atoms with Gasteiger partial charge in [-0.05, 0) is 0 Å². The van der Waals surface area contributed by atoms with E-state index in [-0.39, 0.29) is 6.42 Å². The third-order valence-electron chi connectivity index (χ3n) is 1.84. The Bertz CT molecular complexity index is 489. The molecule has 2 rings (SSSR count). The van der Waals surface area contributed by atoms with Crippen LogP contribution in [0, 0.1) is 0 Å². The fraction of sp³-hybridized carbons (Fsp3) is 0.222. The zero-order valence-corrected chi connectivity index (χ0v) is 8.86. The third kappa shape index (κ3) is 2.21. The minimum atomic E-state index is -0.863. The molecule has 1 N–H and O–H groups in total. The zero-order valence-electron chi connectivity index (χ0n) is 8.04. The minimum Gasteiger partial charge on any atom is -0.481 e. The van der Waals surface area contributed by atoms with Crippen molar-refractivity contribution in [1.29, 1.82) is 0 Å². The van der Waals surface area contributed by atoms with E-state index < -0.39 is 5.97 Å². The Morgan fingerprint density at radius 1 is 1.67 bits per heavy atom. The van der Waals surface area contributed by atoms with Crippen LogP contribution in [0.3, 0.4) is 0 Å². The van der Waals surface area contributed by atoms with Crippen LogP contribution < -0.4 is 0 Å². The van der Waals surface area contributed by atoms with E-state index in [1.807, 2.05) is 13.2 Å². The number of carboxylic acid groups (broad SMARTS) is 1. The first-order valence-corrected chi connectivity index (χ1v) is 5.18. The smallest absolute Gasteiger partial charge is 0.309 e. The molecule has 0 aromatic carbocycles. The van der Waals surface area contributed by atoms with Crippen molar-refractivity contribution in [3.63, 3.8) is 0 Å². The van der Waals surface area contributed by atoms with Gasteiger partial charge in [0.2, 0.25) is 0 Å². The largest absolute Gasteiger partial charge is 0.481 e. The second-order valence-electron chi connectivity index (χ2n) is 3.12. The first-order valence-electron chi connectivity index (χ1n) is 4.30. The van der Waals surface area contributed by atoms with Crippen molar-refractivity contribution in [2.75, 3.05) is 0 Å². The maximum Gasteiger partial charge on any atom is 0.309 e. The zero-order chi connectivity index (χ0) is 10.8. The summed E-state index contributed by atoms with van der Waals surface area (Å²) in [5, 5.41) is 15.2. The van der Waals surface area contributed by atoms with Crippen LogP contribution in [0.5, 0.6) is 0 Å². The van der Waals surface area contributed by atoms with Gasteiger partial charge in [0, 0.05) is 24.2 Å². The molecule has 0 aliphatic rings. The van der Waals surface area contributed by atoms with E-state index in [2.05, 4.69) is 10.1 Å². The van der Waals surface area contributed by atoms with Crippen molar-refractivity contribution in [3.8, 4) is 10.6 Å². The highest BCUT2D eigenvalue weighted by Crippen LogP contribution is 2.22. The molecule has 0 fully saturated rings. The average Bonchev–Trinajstić information content (AvgIpc) is 2.72. The van der Waals surface area contributed by atoms with E-state index in [0.717, 1.165) is 10.6 Å². The Balaban J connectivity index is 2.23. The first kappa shape index (κ1) is 9.85. The lowest BCUT2D eigenvalue weighted by Gasteiger charge is -1.88. The highest BCUT2D eigenvalue weighted by Gasteiger charge is 2.08. The van der Waals surface area contributed by atoms with E-state index in [1.165, 1.54) is 11.3 Å². The fourth-order valence-electron chi connectivity index (χ4n) is 1.21. The van der Waals surface area contributed by atoms with E-state index in [0.29, 0.717) is 5.69 Å². The van der Waals surface area contributed by atoms with Gasteiger partial charge in [0.1, 0.15) is 5.01 Å². The average molecular weight is 223 g/mol. The van der Waals surface area contributed by atoms with Gasteiger partial charge in [-0.25, -0.2) is 4.98 Å². The lowest BCUT2D eigenvalue weighted by Crippen LogP contribution is -1.99. The molecule has 78 valence electrons. The second kappa shape index (κ2) is 3.82. The van der Waals surface area contributed by atoms with Crippen molar-refractivity contribution in [1.82, 2.24) is 14.8 Å². The molecule has 5 nitrogen and oxygen atoms in total. The number of aromatic nitrogens is 3. The van der Waals surface area contributed by atoms with Crippen LogP contribution >= 0.6 is 11.3 Å². The number of aryl methyl sites for hydroxylation is 1. The standard InChI is InChI=1S/C9H9N3O2S/c1-12-4-6(3-10-12)9-11-7(5-15-9)2-8(13)14/h3-5H,2H2,1H3,(H,13,14). The van der Waals surface area contributed by atoms with E-state index in [9.17, 15) is 4.79 Å². The maximum absolute atomic E-state index is 10.5. The van der Waals surface area contributed by atoms with Crippen molar-refractivity contribution in [3.05, 3.63) is 23.5 Å². The molecule has 2 aromatic rings. The van der Waals surface area contributed by atoms with Crippen molar-refractivity contribution in [2.24, 2.45) is 7.05 Å². The summed E-state index contributed by atoms with van der Waals surface area (Å²) in [5.41, 5.74) is 1.51. The van der Waals surface area contributed by atoms with Gasteiger partial charge < -0.3 is 5.11 Å². The van der Waals surface area contributed by atoms with Gasteiger partial charge in [-0.3, -0.25) is 9.48 Å². The second-order valence-corrected chi connectivity index (χ2v) is 3.98. The van der Waals surface area contributed by atoms with Crippen molar-refractivity contribution >= 4 is 17.3 Å². The van der Waals surface area contributed by atoms with E-state index >= 15 is 0 Å². The summed E-state index contributed by atoms with van der Waals surface area (Å²) in [6.07, 6.45) is 3.53. The summed E-state index contributed by atoms with van der Waals surface area (Å²) in [5.74, 6) is -0.863. The van der Waals surface area contributed by atoms with Crippen LogP contribution in [0.4, 0.5) is 0 Å². The Labute approximate surface area is 90.0 Å². The topological polar surface area (TPSA) is 68.0 Å². The predicted octanol–water partition coefficient (Wildman–Crippen LogP) is 1.17. The van der Waals surface area contributed by atoms with E-state index in [4.69, 9.17) is 5.11 Å². The number of hydrogen-bond donors (Lipinski definition) is 1. The molecule has 6 heteroatoms. The normalized spacial score (nSPS) is 10.5. The summed E-state index contributed by atoms with van der Waals surface area (Å²) >= 11 is 1.43. The number of carbonyl (C=O) groups is 1. The number of thiazole rings is 1. The fourth-order valence-corrected chi connectivity index (χ4v) is 2.00. The molecule has 2 aromatic heterocycles. The first-order chi connectivity index (χ1) is 7.15. The number of rotatable bonds is 3. The monoisotopic (exact) mass is 223 g/mol. The lowest BCUT2D eigenvalue weighted by molar-refractivity contribution is -0.136. The van der Waals surface area contributed by atoms with Gasteiger partial charge in [0.05, 0.1) is 18.3 Å². The van der Waals surface area contributed by atoms with Crippen LogP contribution in [-0.4, -0.2) is 25.8 Å². The molecule has 0 unspecified atom stereocenters. The molecule has 2 heterocycles. The van der Waals surface area contributed by atoms with Gasteiger partial charge >= 0.3 is 5.97 Å². The highest BCUT2D eigenvalue weighted by atomic mass is 32.1. The molecule has 0 aliphatic heterocycles. The summed E-state index contributed by atoms with van der Waals surface area (Å²) in [6.45, 7) is 0. The Morgan fingerprint density at radius 3 is 3.07 bits per heavy atom. The van der Waals surface area contributed by atoms with Crippen molar-refractivity contribution in [2.45, 2.75) is 6.42 Å². The van der Waals surface area contributed by atoms with Crippen molar-refractivity contribution < 1.29 is 9.90 Å². The molecular formula is C9H9N3O2S. The predicted molar refractivity (Wildman–Crippen MR) is 55.7 cm³/mol. The Morgan fingerprint density at radius 2 is 2.47 bits per heavy atom. The van der Waals surface area contributed by atoms with Crippen LogP contribution in [-0.2, 0) is 18.3 Å². The maximum atomic E-state index is 10.5. The van der Waals surface area contributed by atoms with Crippen LogP contribution in [0.15, 0.2) is 17.8 Å². The quantitative estimate of drug-likeness (QED) is 0.848. The summed E-state index contributed by atoms with van der Waals surface area (Å²) < 4.78 is 1.69. The molecule has 0 radical (unpaired) electrons. The lowest BCUT2D eigenvalue weighted by atomic mass is 10.3. The molecule has 15 heavy (non-hydrogen) atoms. The van der Waals surface area contributed by atoms with Gasteiger partial charge in [0.25, 0.3) is 0 Å². The molecule has 0 saturated carbocycles. The van der Waals surface area contributed by atoms with E-state index in [1.54, 1.807) is 16.3 Å². The minimum absolute atomic E-state index is 0.0310. The summed E-state index contributed by atoms with van der Waals surface area (Å²) in [4.78, 5) is 14.7. The van der Waals surface area contributed by atoms with Gasteiger partial charge in [-0.1, -0.05) is 0 Å². The summed E-state index contributed by atoms with van der Waals surface area (Å²) in [7, 11) is 1.83. The number of carboxylic acids is 1. The Kier molecular flexibility index (Phi) is 2.51. The molecule has 0 amide bonds. The highest BCUT2D eigenvalue weighted by molar-refractivity contribution is 7.13. The Hall–Kier alpha value is -1.69. The molecule has 0 atom stereocenters. The van der Waals surface area contributed by atoms with Gasteiger partial charge in [-0.2, -0.15) is 5.10 Å². The molecule has 0 spiro atoms. The molecular weight excluding hydrogens is 214 g/mol.